The predicted molar refractivity (Wildman–Crippen MR) is 87.8 cm³/mol. The predicted octanol–water partition coefficient (Wildman–Crippen LogP) is 5.25. The van der Waals surface area contributed by atoms with E-state index in [1.807, 2.05) is 6.07 Å². The standard InChI is InChI=1S/C19H30FN/c1-5-8-21-19(16-10-13(2)9-14(3)11-16)18-12-17(20)7-6-15(18)4/h6-7,12-14,16,19,21H,5,8-11H2,1-4H3. The molecule has 0 aromatic heterocycles. The van der Waals surface area contributed by atoms with Crippen LogP contribution in [0.25, 0.3) is 0 Å². The molecular weight excluding hydrogens is 261 g/mol. The molecule has 1 N–H and O–H groups in total. The van der Waals surface area contributed by atoms with Crippen LogP contribution in [0, 0.1) is 30.5 Å². The largest absolute Gasteiger partial charge is 0.310 e. The summed E-state index contributed by atoms with van der Waals surface area (Å²) in [6.07, 6.45) is 4.95. The zero-order valence-electron chi connectivity index (χ0n) is 14.0. The first-order chi connectivity index (χ1) is 10.0. The summed E-state index contributed by atoms with van der Waals surface area (Å²) >= 11 is 0. The molecule has 0 heterocycles. The van der Waals surface area contributed by atoms with E-state index in [9.17, 15) is 4.39 Å². The van der Waals surface area contributed by atoms with E-state index in [-0.39, 0.29) is 5.82 Å². The quantitative estimate of drug-likeness (QED) is 0.781. The van der Waals surface area contributed by atoms with Crippen molar-refractivity contribution >= 4 is 0 Å². The minimum Gasteiger partial charge on any atom is -0.310 e. The van der Waals surface area contributed by atoms with Gasteiger partial charge in [0.2, 0.25) is 0 Å². The number of benzene rings is 1. The van der Waals surface area contributed by atoms with Crippen LogP contribution in [-0.4, -0.2) is 6.54 Å². The van der Waals surface area contributed by atoms with Crippen LogP contribution in [0.3, 0.4) is 0 Å². The Hall–Kier alpha value is -0.890. The molecule has 1 fully saturated rings. The van der Waals surface area contributed by atoms with Crippen molar-refractivity contribution in [2.45, 2.75) is 59.4 Å². The first kappa shape index (κ1) is 16.5. The molecule has 3 atom stereocenters. The Balaban J connectivity index is 2.26. The van der Waals surface area contributed by atoms with Crippen LogP contribution in [0.4, 0.5) is 4.39 Å². The van der Waals surface area contributed by atoms with E-state index in [0.29, 0.717) is 12.0 Å². The fraction of sp³-hybridized carbons (Fsp3) is 0.684. The van der Waals surface area contributed by atoms with Crippen molar-refractivity contribution in [2.75, 3.05) is 6.54 Å². The molecule has 118 valence electrons. The van der Waals surface area contributed by atoms with Crippen LogP contribution in [0.15, 0.2) is 18.2 Å². The van der Waals surface area contributed by atoms with E-state index in [2.05, 4.69) is 33.0 Å². The van der Waals surface area contributed by atoms with Crippen LogP contribution in [-0.2, 0) is 0 Å². The van der Waals surface area contributed by atoms with E-state index in [4.69, 9.17) is 0 Å². The van der Waals surface area contributed by atoms with Gasteiger partial charge < -0.3 is 5.32 Å². The van der Waals surface area contributed by atoms with Crippen LogP contribution < -0.4 is 5.32 Å². The lowest BCUT2D eigenvalue weighted by Crippen LogP contribution is -2.34. The average molecular weight is 291 g/mol. The van der Waals surface area contributed by atoms with Crippen molar-refractivity contribution in [3.05, 3.63) is 35.1 Å². The van der Waals surface area contributed by atoms with Gasteiger partial charge in [-0.3, -0.25) is 0 Å². The minimum atomic E-state index is -0.115. The average Bonchev–Trinajstić information content (AvgIpc) is 2.42. The second-order valence-corrected chi connectivity index (χ2v) is 7.11. The SMILES string of the molecule is CCCNC(c1cc(F)ccc1C)C1CC(C)CC(C)C1. The van der Waals surface area contributed by atoms with E-state index >= 15 is 0 Å². The Morgan fingerprint density at radius 3 is 2.48 bits per heavy atom. The van der Waals surface area contributed by atoms with Gasteiger partial charge in [0, 0.05) is 6.04 Å². The molecule has 1 nitrogen and oxygen atoms in total. The fourth-order valence-electron chi connectivity index (χ4n) is 4.06. The summed E-state index contributed by atoms with van der Waals surface area (Å²) in [7, 11) is 0. The molecule has 0 bridgehead atoms. The topological polar surface area (TPSA) is 12.0 Å². The van der Waals surface area contributed by atoms with E-state index in [1.165, 1.54) is 24.8 Å². The number of hydrogen-bond donors (Lipinski definition) is 1. The molecule has 0 radical (unpaired) electrons. The summed E-state index contributed by atoms with van der Waals surface area (Å²) in [6.45, 7) is 10.0. The van der Waals surface area contributed by atoms with E-state index in [1.54, 1.807) is 12.1 Å². The Bertz CT molecular complexity index is 447. The zero-order chi connectivity index (χ0) is 15.4. The van der Waals surface area contributed by atoms with Crippen molar-refractivity contribution in [1.29, 1.82) is 0 Å². The molecule has 2 heteroatoms. The van der Waals surface area contributed by atoms with Gasteiger partial charge in [0.15, 0.2) is 0 Å². The van der Waals surface area contributed by atoms with Crippen LogP contribution in [0.2, 0.25) is 0 Å². The van der Waals surface area contributed by atoms with Gasteiger partial charge in [-0.15, -0.1) is 0 Å². The summed E-state index contributed by atoms with van der Waals surface area (Å²) in [6, 6.07) is 5.53. The zero-order valence-corrected chi connectivity index (χ0v) is 14.0. The highest BCUT2D eigenvalue weighted by Gasteiger charge is 2.31. The molecule has 0 aliphatic heterocycles. The number of rotatable bonds is 5. The number of nitrogens with one attached hydrogen (secondary N) is 1. The first-order valence-corrected chi connectivity index (χ1v) is 8.50. The molecule has 0 spiro atoms. The summed E-state index contributed by atoms with van der Waals surface area (Å²) in [5.74, 6) is 2.06. The molecule has 1 aromatic rings. The smallest absolute Gasteiger partial charge is 0.123 e. The molecule has 3 unspecified atom stereocenters. The van der Waals surface area contributed by atoms with Crippen LogP contribution >= 0.6 is 0 Å². The van der Waals surface area contributed by atoms with Gasteiger partial charge in [-0.25, -0.2) is 4.39 Å². The monoisotopic (exact) mass is 291 g/mol. The van der Waals surface area contributed by atoms with Gasteiger partial charge in [-0.1, -0.05) is 26.8 Å². The van der Waals surface area contributed by atoms with Crippen LogP contribution in [0.1, 0.15) is 63.6 Å². The van der Waals surface area contributed by atoms with Crippen molar-refractivity contribution < 1.29 is 4.39 Å². The minimum absolute atomic E-state index is 0.115. The molecule has 1 aromatic carbocycles. The molecular formula is C19H30FN. The lowest BCUT2D eigenvalue weighted by Gasteiger charge is -2.38. The van der Waals surface area contributed by atoms with Crippen molar-refractivity contribution in [1.82, 2.24) is 5.32 Å². The molecule has 0 saturated heterocycles. The number of aryl methyl sites for hydroxylation is 1. The maximum atomic E-state index is 13.7. The van der Waals surface area contributed by atoms with Gasteiger partial charge in [0.05, 0.1) is 0 Å². The third-order valence-corrected chi connectivity index (χ3v) is 4.88. The highest BCUT2D eigenvalue weighted by molar-refractivity contribution is 5.30. The molecule has 1 aliphatic carbocycles. The lowest BCUT2D eigenvalue weighted by atomic mass is 9.72. The maximum Gasteiger partial charge on any atom is 0.123 e. The normalized spacial score (nSPS) is 27.6. The highest BCUT2D eigenvalue weighted by Crippen LogP contribution is 2.40. The third-order valence-electron chi connectivity index (χ3n) is 4.88. The Kier molecular flexibility index (Phi) is 5.80. The van der Waals surface area contributed by atoms with Gasteiger partial charge in [0.25, 0.3) is 0 Å². The van der Waals surface area contributed by atoms with Gasteiger partial charge >= 0.3 is 0 Å². The molecule has 1 aliphatic rings. The molecule has 2 rings (SSSR count). The summed E-state index contributed by atoms with van der Waals surface area (Å²) < 4.78 is 13.7. The van der Waals surface area contributed by atoms with Crippen molar-refractivity contribution in [3.8, 4) is 0 Å². The summed E-state index contributed by atoms with van der Waals surface area (Å²) in [4.78, 5) is 0. The highest BCUT2D eigenvalue weighted by atomic mass is 19.1. The Morgan fingerprint density at radius 2 is 1.86 bits per heavy atom. The van der Waals surface area contributed by atoms with Gasteiger partial charge in [0.1, 0.15) is 5.82 Å². The van der Waals surface area contributed by atoms with Crippen molar-refractivity contribution in [3.63, 3.8) is 0 Å². The summed E-state index contributed by atoms with van der Waals surface area (Å²) in [5.41, 5.74) is 2.37. The van der Waals surface area contributed by atoms with Crippen LogP contribution in [0.5, 0.6) is 0 Å². The second kappa shape index (κ2) is 7.40. The molecule has 1 saturated carbocycles. The summed E-state index contributed by atoms with van der Waals surface area (Å²) in [5, 5.41) is 3.70. The fourth-order valence-corrected chi connectivity index (χ4v) is 4.06. The Labute approximate surface area is 129 Å². The first-order valence-electron chi connectivity index (χ1n) is 8.50. The third kappa shape index (κ3) is 4.29. The lowest BCUT2D eigenvalue weighted by molar-refractivity contribution is 0.176. The van der Waals surface area contributed by atoms with E-state index in [0.717, 1.165) is 30.4 Å². The van der Waals surface area contributed by atoms with Gasteiger partial charge in [-0.2, -0.15) is 0 Å². The van der Waals surface area contributed by atoms with Crippen molar-refractivity contribution in [2.24, 2.45) is 17.8 Å². The number of halogens is 1. The van der Waals surface area contributed by atoms with Gasteiger partial charge in [-0.05, 0) is 80.2 Å². The second-order valence-electron chi connectivity index (χ2n) is 7.11. The molecule has 21 heavy (non-hydrogen) atoms. The molecule has 0 amide bonds. The number of hydrogen-bond acceptors (Lipinski definition) is 1. The maximum absolute atomic E-state index is 13.7. The Morgan fingerprint density at radius 1 is 1.19 bits per heavy atom. The van der Waals surface area contributed by atoms with E-state index < -0.39 is 0 Å².